The third-order valence-corrected chi connectivity index (χ3v) is 3.17. The fourth-order valence-corrected chi connectivity index (χ4v) is 1.95. The number of nitrogens with one attached hydrogen (secondary N) is 1. The molecule has 2 rings (SSSR count). The molecule has 0 aliphatic carbocycles. The number of nitrogens with zero attached hydrogens (tertiary/aromatic N) is 2. The van der Waals surface area contributed by atoms with Gasteiger partial charge in [0.25, 0.3) is 5.91 Å². The average molecular weight is 293 g/mol. The number of hydrogen-bond acceptors (Lipinski definition) is 3. The van der Waals surface area contributed by atoms with E-state index in [4.69, 9.17) is 5.11 Å². The molecular formula is C14H16FN3O3. The van der Waals surface area contributed by atoms with Crippen LogP contribution < -0.4 is 5.32 Å². The summed E-state index contributed by atoms with van der Waals surface area (Å²) >= 11 is 0. The molecule has 0 saturated heterocycles. The van der Waals surface area contributed by atoms with E-state index in [0.29, 0.717) is 17.8 Å². The van der Waals surface area contributed by atoms with Crippen molar-refractivity contribution < 1.29 is 19.1 Å². The van der Waals surface area contributed by atoms with E-state index in [2.05, 4.69) is 10.3 Å². The molecule has 0 unspecified atom stereocenters. The SMILES string of the molecule is CCc1nc2ccc(F)cn2c1C(=O)NC(C)(C)C(=O)O. The van der Waals surface area contributed by atoms with E-state index in [9.17, 15) is 14.0 Å². The van der Waals surface area contributed by atoms with Crippen molar-refractivity contribution in [3.8, 4) is 0 Å². The van der Waals surface area contributed by atoms with Crippen LogP contribution in [-0.4, -0.2) is 31.9 Å². The van der Waals surface area contributed by atoms with Gasteiger partial charge >= 0.3 is 5.97 Å². The number of carboxylic acids is 1. The number of pyridine rings is 1. The van der Waals surface area contributed by atoms with Crippen LogP contribution >= 0.6 is 0 Å². The predicted octanol–water partition coefficient (Wildman–Crippen LogP) is 1.63. The van der Waals surface area contributed by atoms with Crippen LogP contribution in [0.2, 0.25) is 0 Å². The zero-order valence-corrected chi connectivity index (χ0v) is 12.0. The Morgan fingerprint density at radius 1 is 1.43 bits per heavy atom. The molecule has 0 atom stereocenters. The van der Waals surface area contributed by atoms with Crippen LogP contribution in [-0.2, 0) is 11.2 Å². The van der Waals surface area contributed by atoms with E-state index in [1.165, 1.54) is 30.4 Å². The minimum atomic E-state index is -1.43. The van der Waals surface area contributed by atoms with Crippen molar-refractivity contribution in [3.63, 3.8) is 0 Å². The number of aromatic nitrogens is 2. The molecular weight excluding hydrogens is 277 g/mol. The first-order valence-electron chi connectivity index (χ1n) is 6.48. The molecule has 7 heteroatoms. The van der Waals surface area contributed by atoms with Crippen molar-refractivity contribution in [2.75, 3.05) is 0 Å². The topological polar surface area (TPSA) is 83.7 Å². The van der Waals surface area contributed by atoms with Gasteiger partial charge in [-0.15, -0.1) is 0 Å². The number of carbonyl (C=O) groups is 2. The largest absolute Gasteiger partial charge is 0.480 e. The molecule has 2 aromatic heterocycles. The number of imidazole rings is 1. The Balaban J connectivity index is 2.52. The minimum absolute atomic E-state index is 0.154. The molecule has 1 amide bonds. The maximum Gasteiger partial charge on any atom is 0.328 e. The smallest absolute Gasteiger partial charge is 0.328 e. The van der Waals surface area contributed by atoms with Crippen molar-refractivity contribution in [3.05, 3.63) is 35.5 Å². The van der Waals surface area contributed by atoms with Crippen molar-refractivity contribution in [1.82, 2.24) is 14.7 Å². The van der Waals surface area contributed by atoms with Gasteiger partial charge in [-0.1, -0.05) is 6.92 Å². The highest BCUT2D eigenvalue weighted by Crippen LogP contribution is 2.16. The molecule has 0 spiro atoms. The van der Waals surface area contributed by atoms with Gasteiger partial charge in [0.2, 0.25) is 0 Å². The second kappa shape index (κ2) is 5.16. The van der Waals surface area contributed by atoms with Crippen LogP contribution in [0.5, 0.6) is 0 Å². The molecule has 0 saturated carbocycles. The van der Waals surface area contributed by atoms with Crippen LogP contribution in [0.4, 0.5) is 4.39 Å². The maximum atomic E-state index is 13.4. The normalized spacial score (nSPS) is 11.6. The van der Waals surface area contributed by atoms with E-state index >= 15 is 0 Å². The second-order valence-electron chi connectivity index (χ2n) is 5.22. The predicted molar refractivity (Wildman–Crippen MR) is 73.7 cm³/mol. The van der Waals surface area contributed by atoms with Gasteiger partial charge in [0.15, 0.2) is 0 Å². The third kappa shape index (κ3) is 2.72. The quantitative estimate of drug-likeness (QED) is 0.897. The fraction of sp³-hybridized carbons (Fsp3) is 0.357. The van der Waals surface area contributed by atoms with E-state index in [0.717, 1.165) is 6.20 Å². The number of carboxylic acid groups (broad SMARTS) is 1. The van der Waals surface area contributed by atoms with Crippen LogP contribution in [0.3, 0.4) is 0 Å². The summed E-state index contributed by atoms with van der Waals surface area (Å²) in [5.74, 6) is -2.26. The lowest BCUT2D eigenvalue weighted by Crippen LogP contribution is -2.50. The van der Waals surface area contributed by atoms with Crippen LogP contribution in [0.25, 0.3) is 5.65 Å². The molecule has 0 aliphatic rings. The summed E-state index contributed by atoms with van der Waals surface area (Å²) in [4.78, 5) is 27.7. The Morgan fingerprint density at radius 2 is 2.10 bits per heavy atom. The van der Waals surface area contributed by atoms with Gasteiger partial charge in [-0.25, -0.2) is 14.2 Å². The Labute approximate surface area is 120 Å². The lowest BCUT2D eigenvalue weighted by molar-refractivity contribution is -0.143. The van der Waals surface area contributed by atoms with Crippen molar-refractivity contribution >= 4 is 17.5 Å². The van der Waals surface area contributed by atoms with Gasteiger partial charge in [0.1, 0.15) is 22.7 Å². The number of hydrogen-bond donors (Lipinski definition) is 2. The Bertz CT molecular complexity index is 722. The second-order valence-corrected chi connectivity index (χ2v) is 5.22. The zero-order valence-electron chi connectivity index (χ0n) is 12.0. The first-order chi connectivity index (χ1) is 9.76. The highest BCUT2D eigenvalue weighted by Gasteiger charge is 2.31. The number of aliphatic carboxylic acids is 1. The standard InChI is InChI=1S/C14H16FN3O3/c1-4-9-11(12(19)17-14(2,3)13(20)21)18-7-8(15)5-6-10(18)16-9/h5-7H,4H2,1-3H3,(H,17,19)(H,20,21). The number of halogens is 1. The van der Waals surface area contributed by atoms with Crippen molar-refractivity contribution in [1.29, 1.82) is 0 Å². The van der Waals surface area contributed by atoms with Gasteiger partial charge in [-0.3, -0.25) is 9.20 Å². The van der Waals surface area contributed by atoms with Gasteiger partial charge < -0.3 is 10.4 Å². The Morgan fingerprint density at radius 3 is 2.67 bits per heavy atom. The highest BCUT2D eigenvalue weighted by atomic mass is 19.1. The van der Waals surface area contributed by atoms with Crippen molar-refractivity contribution in [2.45, 2.75) is 32.7 Å². The highest BCUT2D eigenvalue weighted by molar-refractivity contribution is 5.98. The van der Waals surface area contributed by atoms with Crippen molar-refractivity contribution in [2.24, 2.45) is 0 Å². The Hall–Kier alpha value is -2.44. The maximum absolute atomic E-state index is 13.4. The van der Waals surface area contributed by atoms with Gasteiger partial charge in [0, 0.05) is 6.20 Å². The van der Waals surface area contributed by atoms with E-state index < -0.39 is 23.2 Å². The summed E-state index contributed by atoms with van der Waals surface area (Å²) in [7, 11) is 0. The molecule has 21 heavy (non-hydrogen) atoms. The van der Waals surface area contributed by atoms with Crippen LogP contribution in [0.1, 0.15) is 37.0 Å². The first-order valence-corrected chi connectivity index (χ1v) is 6.48. The lowest BCUT2D eigenvalue weighted by atomic mass is 10.1. The molecule has 0 fully saturated rings. The number of rotatable bonds is 4. The average Bonchev–Trinajstić information content (AvgIpc) is 2.75. The molecule has 2 heterocycles. The zero-order chi connectivity index (χ0) is 15.8. The number of aryl methyl sites for hydroxylation is 1. The summed E-state index contributed by atoms with van der Waals surface area (Å²) in [5.41, 5.74) is -0.355. The monoisotopic (exact) mass is 293 g/mol. The fourth-order valence-electron chi connectivity index (χ4n) is 1.95. The van der Waals surface area contributed by atoms with Crippen LogP contribution in [0.15, 0.2) is 18.3 Å². The minimum Gasteiger partial charge on any atom is -0.480 e. The van der Waals surface area contributed by atoms with E-state index in [1.807, 2.05) is 6.92 Å². The number of amides is 1. The summed E-state index contributed by atoms with van der Waals surface area (Å²) in [6, 6.07) is 2.72. The lowest BCUT2D eigenvalue weighted by Gasteiger charge is -2.21. The number of fused-ring (bicyclic) bond motifs is 1. The molecule has 0 aromatic carbocycles. The molecule has 2 aromatic rings. The summed E-state index contributed by atoms with van der Waals surface area (Å²) in [5, 5.41) is 11.5. The molecule has 0 radical (unpaired) electrons. The summed E-state index contributed by atoms with van der Waals surface area (Å²) in [6.45, 7) is 4.57. The first kappa shape index (κ1) is 15.0. The van der Waals surface area contributed by atoms with Crippen LogP contribution in [0, 0.1) is 5.82 Å². The van der Waals surface area contributed by atoms with Gasteiger partial charge in [-0.05, 0) is 32.4 Å². The number of carbonyl (C=O) groups excluding carboxylic acids is 1. The van der Waals surface area contributed by atoms with Gasteiger partial charge in [0.05, 0.1) is 5.69 Å². The molecule has 0 aliphatic heterocycles. The molecule has 112 valence electrons. The third-order valence-electron chi connectivity index (χ3n) is 3.17. The molecule has 0 bridgehead atoms. The molecule has 2 N–H and O–H groups in total. The Kier molecular flexibility index (Phi) is 3.67. The van der Waals surface area contributed by atoms with E-state index in [1.54, 1.807) is 0 Å². The van der Waals surface area contributed by atoms with Gasteiger partial charge in [-0.2, -0.15) is 0 Å². The summed E-state index contributed by atoms with van der Waals surface area (Å²) < 4.78 is 14.7. The van der Waals surface area contributed by atoms with E-state index in [-0.39, 0.29) is 5.69 Å². The molecule has 6 nitrogen and oxygen atoms in total. The summed E-state index contributed by atoms with van der Waals surface area (Å²) in [6.07, 6.45) is 1.63.